The van der Waals surface area contributed by atoms with Gasteiger partial charge in [0, 0.05) is 31.7 Å². The second-order valence-electron chi connectivity index (χ2n) is 4.33. The highest BCUT2D eigenvalue weighted by molar-refractivity contribution is 5.79. The van der Waals surface area contributed by atoms with Crippen LogP contribution in [0.25, 0.3) is 0 Å². The van der Waals surface area contributed by atoms with Gasteiger partial charge in [-0.15, -0.1) is 0 Å². The topological polar surface area (TPSA) is 66.6 Å². The molecule has 0 heterocycles. The molecule has 88 valence electrons. The van der Waals surface area contributed by atoms with Gasteiger partial charge in [-0.1, -0.05) is 6.92 Å². The van der Waals surface area contributed by atoms with Gasteiger partial charge in [-0.3, -0.25) is 4.79 Å². The Morgan fingerprint density at radius 2 is 2.27 bits per heavy atom. The predicted octanol–water partition coefficient (Wildman–Crippen LogP) is 0.345. The second-order valence-corrected chi connectivity index (χ2v) is 4.33. The molecule has 4 heteroatoms. The number of amides is 1. The van der Waals surface area contributed by atoms with Gasteiger partial charge in [0.2, 0.25) is 5.91 Å². The SMILES string of the molecule is CC(CN)C(=O)N(CCCO)C1CCC1. The molecule has 1 unspecified atom stereocenters. The normalized spacial score (nSPS) is 18.3. The quantitative estimate of drug-likeness (QED) is 0.670. The fourth-order valence-electron chi connectivity index (χ4n) is 1.80. The van der Waals surface area contributed by atoms with Gasteiger partial charge in [0.25, 0.3) is 0 Å². The summed E-state index contributed by atoms with van der Waals surface area (Å²) >= 11 is 0. The standard InChI is InChI=1S/C11H22N2O2/c1-9(8-12)11(15)13(6-3-7-14)10-4-2-5-10/h9-10,14H,2-8,12H2,1H3. The van der Waals surface area contributed by atoms with Crippen LogP contribution < -0.4 is 5.73 Å². The van der Waals surface area contributed by atoms with Crippen LogP contribution in [0.4, 0.5) is 0 Å². The molecule has 0 aromatic heterocycles. The van der Waals surface area contributed by atoms with Crippen molar-refractivity contribution >= 4 is 5.91 Å². The monoisotopic (exact) mass is 214 g/mol. The van der Waals surface area contributed by atoms with Crippen LogP contribution in [0.2, 0.25) is 0 Å². The van der Waals surface area contributed by atoms with Crippen molar-refractivity contribution in [2.75, 3.05) is 19.7 Å². The van der Waals surface area contributed by atoms with Crippen molar-refractivity contribution in [2.45, 2.75) is 38.6 Å². The number of hydrogen-bond donors (Lipinski definition) is 2. The molecule has 1 atom stereocenters. The van der Waals surface area contributed by atoms with E-state index in [9.17, 15) is 4.79 Å². The molecule has 0 spiro atoms. The molecule has 1 rings (SSSR count). The summed E-state index contributed by atoms with van der Waals surface area (Å²) in [5.74, 6) is 0.0555. The number of nitrogens with two attached hydrogens (primary N) is 1. The molecule has 15 heavy (non-hydrogen) atoms. The molecular weight excluding hydrogens is 192 g/mol. The van der Waals surface area contributed by atoms with E-state index in [1.807, 2.05) is 11.8 Å². The first-order valence-corrected chi connectivity index (χ1v) is 5.82. The van der Waals surface area contributed by atoms with Crippen LogP contribution in [0, 0.1) is 5.92 Å². The summed E-state index contributed by atoms with van der Waals surface area (Å²) < 4.78 is 0. The number of nitrogens with zero attached hydrogens (tertiary/aromatic N) is 1. The zero-order chi connectivity index (χ0) is 11.3. The van der Waals surface area contributed by atoms with Gasteiger partial charge >= 0.3 is 0 Å². The zero-order valence-corrected chi connectivity index (χ0v) is 9.48. The van der Waals surface area contributed by atoms with Crippen LogP contribution in [0.15, 0.2) is 0 Å². The molecule has 0 bridgehead atoms. The Bertz CT molecular complexity index is 205. The minimum absolute atomic E-state index is 0.0932. The lowest BCUT2D eigenvalue weighted by Crippen LogP contribution is -2.48. The maximum Gasteiger partial charge on any atom is 0.226 e. The summed E-state index contributed by atoms with van der Waals surface area (Å²) in [6.45, 7) is 3.09. The van der Waals surface area contributed by atoms with E-state index in [1.165, 1.54) is 6.42 Å². The van der Waals surface area contributed by atoms with Crippen LogP contribution in [-0.4, -0.2) is 41.7 Å². The maximum absolute atomic E-state index is 12.0. The van der Waals surface area contributed by atoms with Gasteiger partial charge in [0.15, 0.2) is 0 Å². The summed E-state index contributed by atoms with van der Waals surface area (Å²) in [4.78, 5) is 13.9. The molecule has 0 aromatic carbocycles. The lowest BCUT2D eigenvalue weighted by molar-refractivity contribution is -0.139. The lowest BCUT2D eigenvalue weighted by atomic mass is 9.90. The molecule has 3 N–H and O–H groups in total. The Labute approximate surface area is 91.4 Å². The average Bonchev–Trinajstić information content (AvgIpc) is 2.19. The van der Waals surface area contributed by atoms with Gasteiger partial charge in [-0.2, -0.15) is 0 Å². The third-order valence-corrected chi connectivity index (χ3v) is 3.13. The van der Waals surface area contributed by atoms with Crippen LogP contribution >= 0.6 is 0 Å². The Balaban J connectivity index is 2.49. The molecule has 0 radical (unpaired) electrons. The summed E-state index contributed by atoms with van der Waals surface area (Å²) in [5.41, 5.74) is 5.50. The summed E-state index contributed by atoms with van der Waals surface area (Å²) in [5, 5.41) is 8.80. The van der Waals surface area contributed by atoms with E-state index in [1.54, 1.807) is 0 Å². The maximum atomic E-state index is 12.0. The summed E-state index contributed by atoms with van der Waals surface area (Å²) in [6.07, 6.45) is 4.09. The van der Waals surface area contributed by atoms with Gasteiger partial charge in [-0.25, -0.2) is 0 Å². The lowest BCUT2D eigenvalue weighted by Gasteiger charge is -2.38. The molecule has 1 fully saturated rings. The minimum atomic E-state index is -0.0932. The zero-order valence-electron chi connectivity index (χ0n) is 9.48. The second kappa shape index (κ2) is 6.08. The van der Waals surface area contributed by atoms with Crippen molar-refractivity contribution < 1.29 is 9.90 Å². The highest BCUT2D eigenvalue weighted by Gasteiger charge is 2.30. The molecule has 0 aliphatic heterocycles. The van der Waals surface area contributed by atoms with Crippen molar-refractivity contribution in [3.05, 3.63) is 0 Å². The fourth-order valence-corrected chi connectivity index (χ4v) is 1.80. The first kappa shape index (κ1) is 12.5. The smallest absolute Gasteiger partial charge is 0.226 e. The summed E-state index contributed by atoms with van der Waals surface area (Å²) in [7, 11) is 0. The van der Waals surface area contributed by atoms with Crippen LogP contribution in [0.3, 0.4) is 0 Å². The number of aliphatic hydroxyl groups excluding tert-OH is 1. The van der Waals surface area contributed by atoms with Crippen LogP contribution in [0.5, 0.6) is 0 Å². The third-order valence-electron chi connectivity index (χ3n) is 3.13. The molecule has 0 aromatic rings. The van der Waals surface area contributed by atoms with Crippen molar-refractivity contribution in [3.8, 4) is 0 Å². The van der Waals surface area contributed by atoms with E-state index in [2.05, 4.69) is 0 Å². The molecule has 1 saturated carbocycles. The van der Waals surface area contributed by atoms with Crippen molar-refractivity contribution in [3.63, 3.8) is 0 Å². The predicted molar refractivity (Wildman–Crippen MR) is 59.3 cm³/mol. The van der Waals surface area contributed by atoms with E-state index >= 15 is 0 Å². The Morgan fingerprint density at radius 3 is 2.67 bits per heavy atom. The number of rotatable bonds is 6. The molecular formula is C11H22N2O2. The van der Waals surface area contributed by atoms with Crippen molar-refractivity contribution in [1.29, 1.82) is 0 Å². The van der Waals surface area contributed by atoms with Crippen LogP contribution in [0.1, 0.15) is 32.6 Å². The minimum Gasteiger partial charge on any atom is -0.396 e. The van der Waals surface area contributed by atoms with Crippen molar-refractivity contribution in [2.24, 2.45) is 11.7 Å². The molecule has 0 saturated heterocycles. The van der Waals surface area contributed by atoms with Gasteiger partial charge in [0.1, 0.15) is 0 Å². The van der Waals surface area contributed by atoms with E-state index < -0.39 is 0 Å². The third kappa shape index (κ3) is 3.18. The molecule has 4 nitrogen and oxygen atoms in total. The van der Waals surface area contributed by atoms with E-state index in [0.717, 1.165) is 12.8 Å². The van der Waals surface area contributed by atoms with Crippen LogP contribution in [-0.2, 0) is 4.79 Å². The highest BCUT2D eigenvalue weighted by Crippen LogP contribution is 2.26. The number of aliphatic hydroxyl groups is 1. The first-order valence-electron chi connectivity index (χ1n) is 5.82. The fraction of sp³-hybridized carbons (Fsp3) is 0.909. The molecule has 1 aliphatic rings. The van der Waals surface area contributed by atoms with Gasteiger partial charge in [-0.05, 0) is 25.7 Å². The average molecular weight is 214 g/mol. The largest absolute Gasteiger partial charge is 0.396 e. The van der Waals surface area contributed by atoms with Crippen molar-refractivity contribution in [1.82, 2.24) is 4.90 Å². The van der Waals surface area contributed by atoms with E-state index in [4.69, 9.17) is 10.8 Å². The number of carbonyl (C=O) groups excluding carboxylic acids is 1. The number of hydrogen-bond acceptors (Lipinski definition) is 3. The van der Waals surface area contributed by atoms with Gasteiger partial charge in [0.05, 0.1) is 0 Å². The van der Waals surface area contributed by atoms with E-state index in [0.29, 0.717) is 25.6 Å². The number of carbonyl (C=O) groups is 1. The Kier molecular flexibility index (Phi) is 5.05. The first-order chi connectivity index (χ1) is 7.20. The van der Waals surface area contributed by atoms with E-state index in [-0.39, 0.29) is 18.4 Å². The molecule has 1 aliphatic carbocycles. The van der Waals surface area contributed by atoms with Gasteiger partial charge < -0.3 is 15.7 Å². The summed E-state index contributed by atoms with van der Waals surface area (Å²) in [6, 6.07) is 0.401. The molecule has 1 amide bonds. The highest BCUT2D eigenvalue weighted by atomic mass is 16.3. The Hall–Kier alpha value is -0.610. The Morgan fingerprint density at radius 1 is 1.60 bits per heavy atom.